The molecule has 1 aliphatic rings. The van der Waals surface area contributed by atoms with Crippen LogP contribution < -0.4 is 5.43 Å². The first-order chi connectivity index (χ1) is 10.3. The van der Waals surface area contributed by atoms with Crippen LogP contribution in [0, 0.1) is 0 Å². The van der Waals surface area contributed by atoms with E-state index in [4.69, 9.17) is 0 Å². The maximum atomic E-state index is 12.0. The van der Waals surface area contributed by atoms with E-state index in [0.29, 0.717) is 5.56 Å². The highest BCUT2D eigenvalue weighted by molar-refractivity contribution is 6.14. The summed E-state index contributed by atoms with van der Waals surface area (Å²) in [5.41, 5.74) is 6.45. The third-order valence-electron chi connectivity index (χ3n) is 3.75. The van der Waals surface area contributed by atoms with E-state index in [1.54, 1.807) is 6.21 Å². The van der Waals surface area contributed by atoms with Gasteiger partial charge in [0.25, 0.3) is 5.91 Å². The minimum Gasteiger partial charge on any atom is -0.342 e. The molecular formula is C17H13N3O. The Labute approximate surface area is 121 Å². The van der Waals surface area contributed by atoms with Gasteiger partial charge in [0.15, 0.2) is 0 Å². The summed E-state index contributed by atoms with van der Waals surface area (Å²) in [6.07, 6.45) is 3.75. The highest BCUT2D eigenvalue weighted by atomic mass is 16.2. The van der Waals surface area contributed by atoms with Gasteiger partial charge in [-0.3, -0.25) is 4.79 Å². The molecule has 0 radical (unpaired) electrons. The summed E-state index contributed by atoms with van der Waals surface area (Å²) >= 11 is 0. The van der Waals surface area contributed by atoms with Crippen LogP contribution in [0.4, 0.5) is 0 Å². The van der Waals surface area contributed by atoms with Crippen molar-refractivity contribution >= 4 is 23.0 Å². The number of hydrogen-bond acceptors (Lipinski definition) is 2. The molecule has 0 saturated carbocycles. The average molecular weight is 275 g/mol. The lowest BCUT2D eigenvalue weighted by Gasteiger charge is -2.06. The van der Waals surface area contributed by atoms with Crippen LogP contribution >= 0.6 is 0 Å². The van der Waals surface area contributed by atoms with Gasteiger partial charge in [0, 0.05) is 29.2 Å². The Morgan fingerprint density at radius 2 is 1.90 bits per heavy atom. The fourth-order valence-electron chi connectivity index (χ4n) is 2.80. The Morgan fingerprint density at radius 1 is 1.05 bits per heavy atom. The fraction of sp³-hybridized carbons (Fsp3) is 0.0588. The molecule has 4 heteroatoms. The van der Waals surface area contributed by atoms with Gasteiger partial charge in [-0.1, -0.05) is 36.4 Å². The Balaban J connectivity index is 1.91. The molecule has 1 N–H and O–H groups in total. The van der Waals surface area contributed by atoms with Gasteiger partial charge in [-0.05, 0) is 17.7 Å². The Morgan fingerprint density at radius 3 is 2.76 bits per heavy atom. The van der Waals surface area contributed by atoms with E-state index >= 15 is 0 Å². The first-order valence-electron chi connectivity index (χ1n) is 6.82. The number of amides is 1. The molecule has 1 aliphatic heterocycles. The maximum Gasteiger partial charge on any atom is 0.272 e. The quantitative estimate of drug-likeness (QED) is 0.768. The fourth-order valence-corrected chi connectivity index (χ4v) is 2.80. The number of aromatic nitrogens is 1. The van der Waals surface area contributed by atoms with Gasteiger partial charge in [0.2, 0.25) is 0 Å². The SMILES string of the molecule is O=C1NN=Cc2cn(Cc3ccccc3)c3cccc1c23. The number of nitrogens with one attached hydrogen (secondary N) is 1. The predicted octanol–water partition coefficient (Wildman–Crippen LogP) is 2.77. The van der Waals surface area contributed by atoms with Gasteiger partial charge in [-0.15, -0.1) is 0 Å². The van der Waals surface area contributed by atoms with Crippen molar-refractivity contribution in [2.24, 2.45) is 5.10 Å². The standard InChI is InChI=1S/C17H13N3O/c21-17-14-7-4-8-15-16(14)13(9-18-19-17)11-20(15)10-12-5-2-1-3-6-12/h1-9,11H,10H2,(H,19,21). The number of hydrogen-bond donors (Lipinski definition) is 1. The summed E-state index contributed by atoms with van der Waals surface area (Å²) in [5, 5.41) is 4.94. The number of rotatable bonds is 2. The van der Waals surface area contributed by atoms with Gasteiger partial charge in [0.05, 0.1) is 11.8 Å². The predicted molar refractivity (Wildman–Crippen MR) is 82.5 cm³/mol. The molecule has 0 saturated heterocycles. The van der Waals surface area contributed by atoms with Gasteiger partial charge in [-0.2, -0.15) is 5.10 Å². The molecule has 3 aromatic rings. The summed E-state index contributed by atoms with van der Waals surface area (Å²) in [6.45, 7) is 0.774. The molecular weight excluding hydrogens is 262 g/mol. The molecule has 2 heterocycles. The highest BCUT2D eigenvalue weighted by Crippen LogP contribution is 2.26. The first kappa shape index (κ1) is 11.9. The molecule has 0 aliphatic carbocycles. The molecule has 4 nitrogen and oxygen atoms in total. The summed E-state index contributed by atoms with van der Waals surface area (Å²) < 4.78 is 2.16. The van der Waals surface area contributed by atoms with Crippen molar-refractivity contribution in [1.82, 2.24) is 9.99 Å². The van der Waals surface area contributed by atoms with Crippen LogP contribution in [0.1, 0.15) is 21.5 Å². The highest BCUT2D eigenvalue weighted by Gasteiger charge is 2.18. The second-order valence-corrected chi connectivity index (χ2v) is 5.10. The van der Waals surface area contributed by atoms with Crippen molar-refractivity contribution in [1.29, 1.82) is 0 Å². The van der Waals surface area contributed by atoms with Crippen molar-refractivity contribution in [3.8, 4) is 0 Å². The summed E-state index contributed by atoms with van der Waals surface area (Å²) in [4.78, 5) is 12.0. The number of carbonyl (C=O) groups excluding carboxylic acids is 1. The zero-order valence-corrected chi connectivity index (χ0v) is 11.3. The first-order valence-corrected chi connectivity index (χ1v) is 6.82. The molecule has 102 valence electrons. The van der Waals surface area contributed by atoms with Crippen molar-refractivity contribution in [3.63, 3.8) is 0 Å². The Hall–Kier alpha value is -2.88. The number of benzene rings is 2. The molecule has 1 aromatic heterocycles. The van der Waals surface area contributed by atoms with Crippen LogP contribution in [0.3, 0.4) is 0 Å². The minimum absolute atomic E-state index is 0.159. The van der Waals surface area contributed by atoms with Crippen molar-refractivity contribution in [3.05, 3.63) is 71.4 Å². The number of nitrogens with zero attached hydrogens (tertiary/aromatic N) is 2. The lowest BCUT2D eigenvalue weighted by atomic mass is 10.1. The van der Waals surface area contributed by atoms with Crippen LogP contribution in [0.15, 0.2) is 59.8 Å². The molecule has 0 unspecified atom stereocenters. The smallest absolute Gasteiger partial charge is 0.272 e. The van der Waals surface area contributed by atoms with Crippen molar-refractivity contribution < 1.29 is 4.79 Å². The summed E-state index contributed by atoms with van der Waals surface area (Å²) in [5.74, 6) is -0.159. The zero-order chi connectivity index (χ0) is 14.2. The van der Waals surface area contributed by atoms with E-state index < -0.39 is 0 Å². The number of carbonyl (C=O) groups is 1. The molecule has 4 rings (SSSR count). The summed E-state index contributed by atoms with van der Waals surface area (Å²) in [7, 11) is 0. The average Bonchev–Trinajstić information content (AvgIpc) is 2.77. The number of hydrazone groups is 1. The van der Waals surface area contributed by atoms with E-state index in [-0.39, 0.29) is 5.91 Å². The van der Waals surface area contributed by atoms with E-state index in [0.717, 1.165) is 23.0 Å². The van der Waals surface area contributed by atoms with E-state index in [1.165, 1.54) is 5.56 Å². The maximum absolute atomic E-state index is 12.0. The summed E-state index contributed by atoms with van der Waals surface area (Å²) in [6, 6.07) is 16.1. The van der Waals surface area contributed by atoms with Gasteiger partial charge in [0.1, 0.15) is 0 Å². The van der Waals surface area contributed by atoms with Crippen LogP contribution in [0.2, 0.25) is 0 Å². The van der Waals surface area contributed by atoms with Crippen LogP contribution in [0.5, 0.6) is 0 Å². The lowest BCUT2D eigenvalue weighted by Crippen LogP contribution is -2.16. The molecule has 0 fully saturated rings. The third kappa shape index (κ3) is 1.92. The largest absolute Gasteiger partial charge is 0.342 e. The molecule has 21 heavy (non-hydrogen) atoms. The normalized spacial score (nSPS) is 13.2. The molecule has 0 atom stereocenters. The second kappa shape index (κ2) is 4.59. The monoisotopic (exact) mass is 275 g/mol. The van der Waals surface area contributed by atoms with Crippen LogP contribution in [-0.2, 0) is 6.54 Å². The van der Waals surface area contributed by atoms with Gasteiger partial charge in [-0.25, -0.2) is 5.43 Å². The van der Waals surface area contributed by atoms with E-state index in [1.807, 2.05) is 42.6 Å². The van der Waals surface area contributed by atoms with E-state index in [9.17, 15) is 4.79 Å². The van der Waals surface area contributed by atoms with Crippen molar-refractivity contribution in [2.45, 2.75) is 6.54 Å². The third-order valence-corrected chi connectivity index (χ3v) is 3.75. The second-order valence-electron chi connectivity index (χ2n) is 5.10. The van der Waals surface area contributed by atoms with Crippen LogP contribution in [0.25, 0.3) is 10.9 Å². The molecule has 2 aromatic carbocycles. The Kier molecular flexibility index (Phi) is 2.60. The van der Waals surface area contributed by atoms with Gasteiger partial charge < -0.3 is 4.57 Å². The molecule has 0 spiro atoms. The van der Waals surface area contributed by atoms with Crippen LogP contribution in [-0.4, -0.2) is 16.7 Å². The van der Waals surface area contributed by atoms with Crippen molar-refractivity contribution in [2.75, 3.05) is 0 Å². The lowest BCUT2D eigenvalue weighted by molar-refractivity contribution is 0.0957. The van der Waals surface area contributed by atoms with Gasteiger partial charge >= 0.3 is 0 Å². The van der Waals surface area contributed by atoms with E-state index in [2.05, 4.69) is 27.2 Å². The molecule has 0 bridgehead atoms. The molecule has 1 amide bonds. The minimum atomic E-state index is -0.159. The topological polar surface area (TPSA) is 46.4 Å². The zero-order valence-electron chi connectivity index (χ0n) is 11.3. The Bertz CT molecular complexity index is 862.